The van der Waals surface area contributed by atoms with Crippen LogP contribution in [0.1, 0.15) is 13.8 Å². The van der Waals surface area contributed by atoms with Crippen LogP contribution >= 0.6 is 0 Å². The second-order valence-corrected chi connectivity index (χ2v) is 5.56. The average Bonchev–Trinajstić information content (AvgIpc) is 2.64. The number of hydrogen-bond donors (Lipinski definition) is 2. The number of aromatic nitrogens is 2. The fraction of sp³-hybridized carbons (Fsp3) is 0.389. The first kappa shape index (κ1) is 19.5. The Labute approximate surface area is 153 Å². The summed E-state index contributed by atoms with van der Waals surface area (Å²) in [5.74, 6) is 1.62. The molecule has 8 nitrogen and oxygen atoms in total. The molecule has 0 spiro atoms. The number of methoxy groups -OCH3 is 1. The smallest absolute Gasteiger partial charge is 0.327 e. The van der Waals surface area contributed by atoms with Crippen LogP contribution in [0.25, 0.3) is 0 Å². The standard InChI is InChI=1S/C18H25N5O3/c1-5-26-15-8-6-14(7-9-15)23(18(24)19-3)16-10-11-20-17(22-16)21-13(2)12-25-4/h6-11,13H,5,12H2,1-4H3,(H,19,24)(H,20,21,22). The number of nitrogens with one attached hydrogen (secondary N) is 2. The van der Waals surface area contributed by atoms with Crippen molar-refractivity contribution in [3.05, 3.63) is 36.5 Å². The van der Waals surface area contributed by atoms with Gasteiger partial charge in [-0.15, -0.1) is 0 Å². The van der Waals surface area contributed by atoms with Gasteiger partial charge in [-0.25, -0.2) is 14.7 Å². The Bertz CT molecular complexity index is 708. The van der Waals surface area contributed by atoms with E-state index < -0.39 is 0 Å². The molecule has 0 saturated carbocycles. The molecule has 1 atom stereocenters. The zero-order valence-electron chi connectivity index (χ0n) is 15.5. The van der Waals surface area contributed by atoms with Crippen molar-refractivity contribution < 1.29 is 14.3 Å². The van der Waals surface area contributed by atoms with Crippen molar-refractivity contribution >= 4 is 23.5 Å². The summed E-state index contributed by atoms with van der Waals surface area (Å²) < 4.78 is 10.6. The van der Waals surface area contributed by atoms with E-state index in [2.05, 4.69) is 20.6 Å². The van der Waals surface area contributed by atoms with Crippen LogP contribution < -0.4 is 20.3 Å². The van der Waals surface area contributed by atoms with Gasteiger partial charge in [-0.3, -0.25) is 0 Å². The van der Waals surface area contributed by atoms with Crippen molar-refractivity contribution in [1.29, 1.82) is 0 Å². The van der Waals surface area contributed by atoms with Crippen molar-refractivity contribution in [2.45, 2.75) is 19.9 Å². The highest BCUT2D eigenvalue weighted by atomic mass is 16.5. The first-order valence-electron chi connectivity index (χ1n) is 8.42. The fourth-order valence-electron chi connectivity index (χ4n) is 2.38. The Morgan fingerprint density at radius 1 is 1.27 bits per heavy atom. The van der Waals surface area contributed by atoms with Gasteiger partial charge in [0.05, 0.1) is 18.9 Å². The molecule has 1 heterocycles. The summed E-state index contributed by atoms with van der Waals surface area (Å²) in [5, 5.41) is 5.78. The number of carbonyl (C=O) groups excluding carboxylic acids is 1. The Morgan fingerprint density at radius 3 is 2.62 bits per heavy atom. The third-order valence-electron chi connectivity index (χ3n) is 3.49. The van der Waals surface area contributed by atoms with Crippen molar-refractivity contribution in [3.63, 3.8) is 0 Å². The summed E-state index contributed by atoms with van der Waals surface area (Å²) in [5.41, 5.74) is 0.669. The normalized spacial score (nSPS) is 11.5. The van der Waals surface area contributed by atoms with Gasteiger partial charge in [0, 0.05) is 32.5 Å². The summed E-state index contributed by atoms with van der Waals surface area (Å²) >= 11 is 0. The maximum absolute atomic E-state index is 12.4. The second-order valence-electron chi connectivity index (χ2n) is 5.56. The predicted molar refractivity (Wildman–Crippen MR) is 101 cm³/mol. The van der Waals surface area contributed by atoms with Crippen LogP contribution in [0.3, 0.4) is 0 Å². The van der Waals surface area contributed by atoms with Crippen LogP contribution in [0.15, 0.2) is 36.5 Å². The number of hydrogen-bond acceptors (Lipinski definition) is 6. The van der Waals surface area contributed by atoms with Crippen LogP contribution in [-0.2, 0) is 4.74 Å². The zero-order valence-corrected chi connectivity index (χ0v) is 15.5. The Hall–Kier alpha value is -2.87. The maximum atomic E-state index is 12.4. The summed E-state index contributed by atoms with van der Waals surface area (Å²) in [4.78, 5) is 22.6. The van der Waals surface area contributed by atoms with Crippen LogP contribution in [0, 0.1) is 0 Å². The van der Waals surface area contributed by atoms with Gasteiger partial charge >= 0.3 is 6.03 Å². The number of rotatable bonds is 8. The first-order valence-corrected chi connectivity index (χ1v) is 8.42. The monoisotopic (exact) mass is 359 g/mol. The van der Waals surface area contributed by atoms with Gasteiger partial charge in [0.1, 0.15) is 11.6 Å². The lowest BCUT2D eigenvalue weighted by Gasteiger charge is -2.22. The number of urea groups is 1. The van der Waals surface area contributed by atoms with Crippen LogP contribution in [0.2, 0.25) is 0 Å². The molecule has 0 aliphatic carbocycles. The molecule has 0 fully saturated rings. The third-order valence-corrected chi connectivity index (χ3v) is 3.49. The average molecular weight is 359 g/mol. The number of carbonyl (C=O) groups is 1. The van der Waals surface area contributed by atoms with Gasteiger partial charge in [0.2, 0.25) is 5.95 Å². The number of anilines is 3. The van der Waals surface area contributed by atoms with Crippen LogP contribution in [0.4, 0.5) is 22.2 Å². The van der Waals surface area contributed by atoms with Crippen molar-refractivity contribution in [2.75, 3.05) is 37.6 Å². The third kappa shape index (κ3) is 5.06. The van der Waals surface area contributed by atoms with E-state index in [0.717, 1.165) is 5.75 Å². The van der Waals surface area contributed by atoms with Crippen LogP contribution in [0.5, 0.6) is 5.75 Å². The molecule has 26 heavy (non-hydrogen) atoms. The number of ether oxygens (including phenoxy) is 2. The summed E-state index contributed by atoms with van der Waals surface area (Å²) in [7, 11) is 3.21. The van der Waals surface area contributed by atoms with Crippen molar-refractivity contribution in [2.24, 2.45) is 0 Å². The first-order chi connectivity index (χ1) is 12.6. The molecule has 8 heteroatoms. The largest absolute Gasteiger partial charge is 0.494 e. The molecule has 0 aliphatic rings. The van der Waals surface area contributed by atoms with Gasteiger partial charge in [-0.05, 0) is 38.1 Å². The molecule has 2 aromatic rings. The van der Waals surface area contributed by atoms with E-state index in [0.29, 0.717) is 30.7 Å². The molecule has 2 N–H and O–H groups in total. The van der Waals surface area contributed by atoms with E-state index in [1.54, 1.807) is 26.4 Å². The topological polar surface area (TPSA) is 88.6 Å². The van der Waals surface area contributed by atoms with Crippen LogP contribution in [-0.4, -0.2) is 49.4 Å². The van der Waals surface area contributed by atoms with Crippen molar-refractivity contribution in [3.8, 4) is 5.75 Å². The minimum atomic E-state index is -0.302. The molecule has 1 aromatic heterocycles. The molecular formula is C18H25N5O3. The number of nitrogens with zero attached hydrogens (tertiary/aromatic N) is 3. The van der Waals surface area contributed by atoms with Gasteiger partial charge in [-0.2, -0.15) is 4.98 Å². The van der Waals surface area contributed by atoms with Crippen molar-refractivity contribution in [1.82, 2.24) is 15.3 Å². The van der Waals surface area contributed by atoms with E-state index in [1.807, 2.05) is 38.1 Å². The van der Waals surface area contributed by atoms with E-state index in [9.17, 15) is 4.79 Å². The minimum Gasteiger partial charge on any atom is -0.494 e. The van der Waals surface area contributed by atoms with E-state index in [1.165, 1.54) is 4.90 Å². The lowest BCUT2D eigenvalue weighted by Crippen LogP contribution is -2.35. The Kier molecular flexibility index (Phi) is 7.16. The molecule has 2 rings (SSSR count). The lowest BCUT2D eigenvalue weighted by molar-refractivity contribution is 0.190. The molecule has 1 aromatic carbocycles. The second kappa shape index (κ2) is 9.57. The summed E-state index contributed by atoms with van der Waals surface area (Å²) in [6.45, 7) is 4.98. The number of benzene rings is 1. The molecule has 2 amide bonds. The van der Waals surface area contributed by atoms with E-state index in [-0.39, 0.29) is 12.1 Å². The minimum absolute atomic E-state index is 0.0363. The molecule has 0 radical (unpaired) electrons. The highest BCUT2D eigenvalue weighted by Crippen LogP contribution is 2.26. The fourth-order valence-corrected chi connectivity index (χ4v) is 2.38. The Balaban J connectivity index is 2.30. The molecule has 0 aliphatic heterocycles. The summed E-state index contributed by atoms with van der Waals surface area (Å²) in [6, 6.07) is 8.66. The molecule has 140 valence electrons. The van der Waals surface area contributed by atoms with E-state index >= 15 is 0 Å². The highest BCUT2D eigenvalue weighted by Gasteiger charge is 2.19. The van der Waals surface area contributed by atoms with E-state index in [4.69, 9.17) is 9.47 Å². The SMILES string of the molecule is CCOc1ccc(N(C(=O)NC)c2ccnc(NC(C)COC)n2)cc1. The molecule has 0 saturated heterocycles. The van der Waals surface area contributed by atoms with Gasteiger partial charge in [-0.1, -0.05) is 0 Å². The molecule has 1 unspecified atom stereocenters. The number of amides is 2. The Morgan fingerprint density at radius 2 is 2.00 bits per heavy atom. The highest BCUT2D eigenvalue weighted by molar-refractivity contribution is 5.98. The molecule has 0 bridgehead atoms. The summed E-state index contributed by atoms with van der Waals surface area (Å²) in [6.07, 6.45) is 1.61. The maximum Gasteiger partial charge on any atom is 0.327 e. The predicted octanol–water partition coefficient (Wildman–Crippen LogP) is 2.80. The lowest BCUT2D eigenvalue weighted by atomic mass is 10.2. The molecular weight excluding hydrogens is 334 g/mol. The van der Waals surface area contributed by atoms with Gasteiger partial charge in [0.15, 0.2) is 0 Å². The zero-order chi connectivity index (χ0) is 18.9. The van der Waals surface area contributed by atoms with Gasteiger partial charge in [0.25, 0.3) is 0 Å². The quantitative estimate of drug-likeness (QED) is 0.753. The van der Waals surface area contributed by atoms with Gasteiger partial charge < -0.3 is 20.1 Å².